The highest BCUT2D eigenvalue weighted by Gasteiger charge is 2.48. The maximum atomic E-state index is 13.7. The van der Waals surface area contributed by atoms with E-state index in [9.17, 15) is 14.3 Å². The van der Waals surface area contributed by atoms with Crippen molar-refractivity contribution in [3.8, 4) is 0 Å². The number of piperidine rings is 2. The van der Waals surface area contributed by atoms with Gasteiger partial charge in [-0.3, -0.25) is 0 Å². The molecule has 2 unspecified atom stereocenters. The van der Waals surface area contributed by atoms with Crippen molar-refractivity contribution in [2.24, 2.45) is 0 Å². The summed E-state index contributed by atoms with van der Waals surface area (Å²) in [5, 5.41) is 11.4. The number of aliphatic hydroxyl groups is 1. The molecule has 2 bridgehead atoms. The van der Waals surface area contributed by atoms with E-state index in [0.29, 0.717) is 18.4 Å². The zero-order valence-corrected chi connectivity index (χ0v) is 16.1. The molecule has 2 atom stereocenters. The number of fused-ring (bicyclic) bond motifs is 2. The first-order valence-electron chi connectivity index (χ1n) is 9.94. The molecule has 0 aliphatic carbocycles. The third-order valence-electron chi connectivity index (χ3n) is 6.12. The van der Waals surface area contributed by atoms with Crippen molar-refractivity contribution in [2.75, 3.05) is 0 Å². The largest absolute Gasteiger partial charge is 0.445 e. The van der Waals surface area contributed by atoms with E-state index in [2.05, 4.69) is 0 Å². The fourth-order valence-electron chi connectivity index (χ4n) is 4.69. The summed E-state index contributed by atoms with van der Waals surface area (Å²) >= 11 is 0. The first-order chi connectivity index (χ1) is 13.5. The van der Waals surface area contributed by atoms with Crippen LogP contribution in [0.3, 0.4) is 0 Å². The second-order valence-electron chi connectivity index (χ2n) is 8.09. The van der Waals surface area contributed by atoms with Gasteiger partial charge in [0.25, 0.3) is 0 Å². The van der Waals surface area contributed by atoms with Crippen LogP contribution in [0, 0.1) is 12.7 Å². The molecule has 2 aliphatic rings. The fraction of sp³-hybridized carbons (Fsp3) is 0.435. The second-order valence-corrected chi connectivity index (χ2v) is 8.09. The molecular weight excluding hydrogens is 357 g/mol. The number of halogens is 1. The third-order valence-corrected chi connectivity index (χ3v) is 6.12. The Balaban J connectivity index is 1.50. The number of aryl methyl sites for hydroxylation is 1. The number of amides is 1. The predicted octanol–water partition coefficient (Wildman–Crippen LogP) is 4.68. The highest BCUT2D eigenvalue weighted by molar-refractivity contribution is 5.69. The van der Waals surface area contributed by atoms with Gasteiger partial charge < -0.3 is 14.7 Å². The molecule has 2 fully saturated rings. The first-order valence-corrected chi connectivity index (χ1v) is 9.94. The summed E-state index contributed by atoms with van der Waals surface area (Å²) in [6, 6.07) is 14.3. The number of hydrogen-bond acceptors (Lipinski definition) is 3. The molecule has 4 nitrogen and oxygen atoms in total. The van der Waals surface area contributed by atoms with Crippen LogP contribution in [0.2, 0.25) is 0 Å². The van der Waals surface area contributed by atoms with Crippen LogP contribution in [-0.2, 0) is 16.9 Å². The standard InChI is InChI=1S/C23H26FNO3/c1-16-12-18(10-11-21(16)24)23(27)13-19-8-5-9-20(14-23)25(19)22(26)28-15-17-6-3-2-4-7-17/h2-4,6-7,10-12,19-20,27H,5,8-9,13-15H2,1H3. The Morgan fingerprint density at radius 2 is 1.86 bits per heavy atom. The second kappa shape index (κ2) is 7.55. The Morgan fingerprint density at radius 1 is 1.18 bits per heavy atom. The van der Waals surface area contributed by atoms with E-state index in [4.69, 9.17) is 4.74 Å². The lowest BCUT2D eigenvalue weighted by Crippen LogP contribution is -2.58. The fourth-order valence-corrected chi connectivity index (χ4v) is 4.69. The van der Waals surface area contributed by atoms with Gasteiger partial charge in [-0.15, -0.1) is 0 Å². The van der Waals surface area contributed by atoms with Gasteiger partial charge >= 0.3 is 6.09 Å². The van der Waals surface area contributed by atoms with Crippen molar-refractivity contribution in [2.45, 2.75) is 63.3 Å². The molecule has 2 saturated heterocycles. The molecule has 2 heterocycles. The van der Waals surface area contributed by atoms with Crippen molar-refractivity contribution in [1.29, 1.82) is 0 Å². The molecular formula is C23H26FNO3. The maximum absolute atomic E-state index is 13.7. The average molecular weight is 383 g/mol. The van der Waals surface area contributed by atoms with Crippen LogP contribution in [-0.4, -0.2) is 28.2 Å². The van der Waals surface area contributed by atoms with E-state index >= 15 is 0 Å². The van der Waals surface area contributed by atoms with Crippen molar-refractivity contribution in [3.63, 3.8) is 0 Å². The minimum Gasteiger partial charge on any atom is -0.445 e. The van der Waals surface area contributed by atoms with Crippen LogP contribution in [0.15, 0.2) is 48.5 Å². The van der Waals surface area contributed by atoms with Gasteiger partial charge in [0.15, 0.2) is 0 Å². The molecule has 4 rings (SSSR count). The lowest BCUT2D eigenvalue weighted by Gasteiger charge is -2.51. The van der Waals surface area contributed by atoms with Crippen molar-refractivity contribution in [1.82, 2.24) is 4.90 Å². The quantitative estimate of drug-likeness (QED) is 0.838. The molecule has 1 N–H and O–H groups in total. The number of hydrogen-bond donors (Lipinski definition) is 1. The van der Waals surface area contributed by atoms with Crippen LogP contribution in [0.5, 0.6) is 0 Å². The lowest BCUT2D eigenvalue weighted by molar-refractivity contribution is -0.0896. The van der Waals surface area contributed by atoms with E-state index in [1.165, 1.54) is 6.07 Å². The Bertz CT molecular complexity index is 840. The number of carbonyl (C=O) groups excluding carboxylic acids is 1. The van der Waals surface area contributed by atoms with Gasteiger partial charge in [-0.25, -0.2) is 9.18 Å². The smallest absolute Gasteiger partial charge is 0.410 e. The highest BCUT2D eigenvalue weighted by atomic mass is 19.1. The third kappa shape index (κ3) is 3.63. The molecule has 2 aliphatic heterocycles. The predicted molar refractivity (Wildman–Crippen MR) is 104 cm³/mol. The van der Waals surface area contributed by atoms with Gasteiger partial charge in [-0.2, -0.15) is 0 Å². The summed E-state index contributed by atoms with van der Waals surface area (Å²) in [7, 11) is 0. The van der Waals surface area contributed by atoms with Crippen molar-refractivity contribution >= 4 is 6.09 Å². The van der Waals surface area contributed by atoms with Gasteiger partial charge in [0, 0.05) is 24.9 Å². The van der Waals surface area contributed by atoms with E-state index in [0.717, 1.165) is 30.4 Å². The van der Waals surface area contributed by atoms with Gasteiger partial charge in [0.05, 0.1) is 5.60 Å². The normalized spacial score (nSPS) is 26.8. The number of carbonyl (C=O) groups is 1. The zero-order valence-electron chi connectivity index (χ0n) is 16.1. The van der Waals surface area contributed by atoms with Crippen LogP contribution in [0.1, 0.15) is 48.8 Å². The molecule has 0 saturated carbocycles. The molecule has 0 aromatic heterocycles. The minimum absolute atomic E-state index is 0.0638. The molecule has 28 heavy (non-hydrogen) atoms. The monoisotopic (exact) mass is 383 g/mol. The van der Waals surface area contributed by atoms with Gasteiger partial charge in [0.2, 0.25) is 0 Å². The molecule has 2 aromatic rings. The van der Waals surface area contributed by atoms with E-state index in [-0.39, 0.29) is 30.6 Å². The van der Waals surface area contributed by atoms with Crippen LogP contribution < -0.4 is 0 Å². The van der Waals surface area contributed by atoms with E-state index in [1.807, 2.05) is 35.2 Å². The summed E-state index contributed by atoms with van der Waals surface area (Å²) in [6.45, 7) is 1.95. The summed E-state index contributed by atoms with van der Waals surface area (Å²) in [5.41, 5.74) is 1.18. The Morgan fingerprint density at radius 3 is 2.50 bits per heavy atom. The SMILES string of the molecule is Cc1cc(C2(O)CC3CCCC(C2)N3C(=O)OCc2ccccc2)ccc1F. The molecule has 5 heteroatoms. The number of ether oxygens (including phenoxy) is 1. The minimum atomic E-state index is -1.04. The molecule has 1 amide bonds. The first kappa shape index (κ1) is 18.9. The van der Waals surface area contributed by atoms with Gasteiger partial charge in [0.1, 0.15) is 12.4 Å². The summed E-state index contributed by atoms with van der Waals surface area (Å²) in [5.74, 6) is -0.269. The number of benzene rings is 2. The molecule has 2 aromatic carbocycles. The maximum Gasteiger partial charge on any atom is 0.410 e. The van der Waals surface area contributed by atoms with Gasteiger partial charge in [-0.1, -0.05) is 42.5 Å². The summed E-state index contributed by atoms with van der Waals surface area (Å²) in [4.78, 5) is 14.6. The number of nitrogens with zero attached hydrogens (tertiary/aromatic N) is 1. The summed E-state index contributed by atoms with van der Waals surface area (Å²) < 4.78 is 19.2. The van der Waals surface area contributed by atoms with Crippen molar-refractivity contribution in [3.05, 3.63) is 71.0 Å². The highest BCUT2D eigenvalue weighted by Crippen LogP contribution is 2.44. The van der Waals surface area contributed by atoms with E-state index in [1.54, 1.807) is 19.1 Å². The Labute approximate surface area is 164 Å². The Kier molecular flexibility index (Phi) is 5.11. The lowest BCUT2D eigenvalue weighted by atomic mass is 9.72. The van der Waals surface area contributed by atoms with Crippen molar-refractivity contribution < 1.29 is 19.0 Å². The topological polar surface area (TPSA) is 49.8 Å². The van der Waals surface area contributed by atoms with Crippen LogP contribution in [0.25, 0.3) is 0 Å². The molecule has 0 radical (unpaired) electrons. The van der Waals surface area contributed by atoms with Crippen LogP contribution >= 0.6 is 0 Å². The summed E-state index contributed by atoms with van der Waals surface area (Å²) in [6.07, 6.45) is 3.33. The average Bonchev–Trinajstić information content (AvgIpc) is 2.68. The number of rotatable bonds is 3. The molecule has 0 spiro atoms. The molecule has 148 valence electrons. The van der Waals surface area contributed by atoms with Gasteiger partial charge in [-0.05, 0) is 48.9 Å². The Hall–Kier alpha value is -2.40. The van der Waals surface area contributed by atoms with E-state index < -0.39 is 5.60 Å². The zero-order chi connectivity index (χ0) is 19.7. The van der Waals surface area contributed by atoms with Crippen LogP contribution in [0.4, 0.5) is 9.18 Å².